The highest BCUT2D eigenvalue weighted by Gasteiger charge is 2.47. The van der Waals surface area contributed by atoms with Crippen LogP contribution in [0.4, 0.5) is 5.82 Å². The Kier molecular flexibility index (Phi) is 3.57. The summed E-state index contributed by atoms with van der Waals surface area (Å²) in [7, 11) is 0. The lowest BCUT2D eigenvalue weighted by Gasteiger charge is -2.20. The average molecular weight is 289 g/mol. The quantitative estimate of drug-likeness (QED) is 0.838. The van der Waals surface area contributed by atoms with Crippen molar-refractivity contribution in [2.24, 2.45) is 0 Å². The fraction of sp³-hybridized carbons (Fsp3) is 0.600. The minimum atomic E-state index is -0.577. The maximum absolute atomic E-state index is 9.76. The molecule has 21 heavy (non-hydrogen) atoms. The molecule has 0 radical (unpaired) electrons. The molecule has 0 saturated carbocycles. The zero-order chi connectivity index (χ0) is 15.1. The first-order valence-electron chi connectivity index (χ1n) is 7.08. The number of nitrogens with one attached hydrogen (secondary N) is 1. The number of hydrogen-bond donors (Lipinski definition) is 2. The SMILES string of the molecule is Cc1nc(N[C@@H]2CO[C@H]3[C@@H]2OC[C@H]3O)c(C#N)c(C)c1C. The third-order valence-corrected chi connectivity index (χ3v) is 4.46. The normalized spacial score (nSPS) is 31.0. The van der Waals surface area contributed by atoms with Crippen LogP contribution in [0, 0.1) is 32.1 Å². The number of anilines is 1. The molecule has 2 N–H and O–H groups in total. The van der Waals surface area contributed by atoms with Crippen LogP contribution in [0.15, 0.2) is 0 Å². The first-order chi connectivity index (χ1) is 10.0. The summed E-state index contributed by atoms with van der Waals surface area (Å²) in [6, 6.07) is 2.11. The van der Waals surface area contributed by atoms with Gasteiger partial charge >= 0.3 is 0 Å². The van der Waals surface area contributed by atoms with E-state index in [2.05, 4.69) is 16.4 Å². The molecule has 6 heteroatoms. The second-order valence-electron chi connectivity index (χ2n) is 5.70. The maximum Gasteiger partial charge on any atom is 0.144 e. The predicted molar refractivity (Wildman–Crippen MR) is 76.1 cm³/mol. The number of fused-ring (bicyclic) bond motifs is 1. The van der Waals surface area contributed by atoms with Crippen LogP contribution in [0.2, 0.25) is 0 Å². The molecule has 0 unspecified atom stereocenters. The van der Waals surface area contributed by atoms with E-state index in [-0.39, 0.29) is 24.9 Å². The molecule has 2 aliphatic rings. The Labute approximate surface area is 123 Å². The molecular weight excluding hydrogens is 270 g/mol. The first-order valence-corrected chi connectivity index (χ1v) is 7.08. The highest BCUT2D eigenvalue weighted by Crippen LogP contribution is 2.30. The van der Waals surface area contributed by atoms with Crippen molar-refractivity contribution >= 4 is 5.82 Å². The third kappa shape index (κ3) is 2.27. The molecule has 4 atom stereocenters. The number of nitrogens with zero attached hydrogens (tertiary/aromatic N) is 2. The Balaban J connectivity index is 1.88. The summed E-state index contributed by atoms with van der Waals surface area (Å²) >= 11 is 0. The van der Waals surface area contributed by atoms with E-state index in [4.69, 9.17) is 9.47 Å². The number of hydrogen-bond acceptors (Lipinski definition) is 6. The van der Waals surface area contributed by atoms with E-state index in [1.165, 1.54) is 0 Å². The van der Waals surface area contributed by atoms with Crippen molar-refractivity contribution in [1.82, 2.24) is 4.98 Å². The summed E-state index contributed by atoms with van der Waals surface area (Å²) in [4.78, 5) is 4.49. The summed E-state index contributed by atoms with van der Waals surface area (Å²) in [5, 5.41) is 22.4. The Hall–Kier alpha value is -1.68. The number of aliphatic hydroxyl groups excluding tert-OH is 1. The topological polar surface area (TPSA) is 87.4 Å². The summed E-state index contributed by atoms with van der Waals surface area (Å²) in [6.45, 7) is 6.55. The van der Waals surface area contributed by atoms with Crippen molar-refractivity contribution in [3.63, 3.8) is 0 Å². The van der Waals surface area contributed by atoms with Crippen LogP contribution in [-0.2, 0) is 9.47 Å². The molecule has 1 aromatic heterocycles. The first kappa shape index (κ1) is 14.3. The largest absolute Gasteiger partial charge is 0.388 e. The molecule has 0 bridgehead atoms. The van der Waals surface area contributed by atoms with E-state index in [1.807, 2.05) is 20.8 Å². The van der Waals surface area contributed by atoms with Gasteiger partial charge in [-0.15, -0.1) is 0 Å². The van der Waals surface area contributed by atoms with Crippen LogP contribution in [0.1, 0.15) is 22.4 Å². The average Bonchev–Trinajstić information content (AvgIpc) is 3.01. The molecule has 3 heterocycles. The zero-order valence-electron chi connectivity index (χ0n) is 12.4. The van der Waals surface area contributed by atoms with Crippen molar-refractivity contribution in [3.8, 4) is 6.07 Å². The van der Waals surface area contributed by atoms with Gasteiger partial charge in [0.05, 0.1) is 24.8 Å². The molecule has 1 aromatic rings. The van der Waals surface area contributed by atoms with E-state index in [1.54, 1.807) is 0 Å². The number of ether oxygens (including phenoxy) is 2. The van der Waals surface area contributed by atoms with Crippen molar-refractivity contribution < 1.29 is 14.6 Å². The number of aliphatic hydroxyl groups is 1. The van der Waals surface area contributed by atoms with Gasteiger partial charge in [0, 0.05) is 5.69 Å². The second-order valence-corrected chi connectivity index (χ2v) is 5.70. The van der Waals surface area contributed by atoms with Gasteiger partial charge in [-0.2, -0.15) is 5.26 Å². The number of aromatic nitrogens is 1. The lowest BCUT2D eigenvalue weighted by Crippen LogP contribution is -2.36. The van der Waals surface area contributed by atoms with Gasteiger partial charge in [0.1, 0.15) is 30.2 Å². The van der Waals surface area contributed by atoms with Crippen molar-refractivity contribution in [3.05, 3.63) is 22.4 Å². The standard InChI is InChI=1S/C15H19N3O3/c1-7-8(2)10(4-16)15(17-9(7)3)18-11-5-20-14-12(19)6-21-13(11)14/h11-14,19H,5-6H2,1-3H3,(H,17,18)/t11-,12-,13-,14-/m1/s1. The van der Waals surface area contributed by atoms with Gasteiger partial charge in [0.15, 0.2) is 0 Å². The Morgan fingerprint density at radius 3 is 2.62 bits per heavy atom. The van der Waals surface area contributed by atoms with Crippen LogP contribution >= 0.6 is 0 Å². The number of rotatable bonds is 2. The fourth-order valence-corrected chi connectivity index (χ4v) is 2.96. The minimum Gasteiger partial charge on any atom is -0.388 e. The molecule has 112 valence electrons. The Morgan fingerprint density at radius 1 is 1.19 bits per heavy atom. The molecule has 2 aliphatic heterocycles. The predicted octanol–water partition coefficient (Wildman–Crippen LogP) is 0.818. The lowest BCUT2D eigenvalue weighted by molar-refractivity contribution is 0.0184. The maximum atomic E-state index is 9.76. The number of pyridine rings is 1. The van der Waals surface area contributed by atoms with Crippen LogP contribution in [0.25, 0.3) is 0 Å². The van der Waals surface area contributed by atoms with Gasteiger partial charge in [-0.3, -0.25) is 0 Å². The lowest BCUT2D eigenvalue weighted by atomic mass is 10.0. The van der Waals surface area contributed by atoms with Crippen molar-refractivity contribution in [2.75, 3.05) is 18.5 Å². The van der Waals surface area contributed by atoms with Crippen molar-refractivity contribution in [2.45, 2.75) is 45.1 Å². The highest BCUT2D eigenvalue weighted by atomic mass is 16.6. The monoisotopic (exact) mass is 289 g/mol. The molecule has 2 fully saturated rings. The molecular formula is C15H19N3O3. The minimum absolute atomic E-state index is 0.103. The molecule has 0 aliphatic carbocycles. The van der Waals surface area contributed by atoms with Gasteiger partial charge in [-0.05, 0) is 31.9 Å². The van der Waals surface area contributed by atoms with Crippen LogP contribution < -0.4 is 5.32 Å². The molecule has 6 nitrogen and oxygen atoms in total. The zero-order valence-corrected chi connectivity index (χ0v) is 12.4. The van der Waals surface area contributed by atoms with Crippen molar-refractivity contribution in [1.29, 1.82) is 5.26 Å². The van der Waals surface area contributed by atoms with Crippen LogP contribution in [0.3, 0.4) is 0 Å². The molecule has 2 saturated heterocycles. The number of aryl methyl sites for hydroxylation is 1. The van der Waals surface area contributed by atoms with Gasteiger partial charge < -0.3 is 19.9 Å². The molecule has 0 amide bonds. The number of nitriles is 1. The summed E-state index contributed by atoms with van der Waals surface area (Å²) in [5.74, 6) is 0.567. The van der Waals surface area contributed by atoms with E-state index in [0.29, 0.717) is 18.0 Å². The molecule has 0 aromatic carbocycles. The summed E-state index contributed by atoms with van der Waals surface area (Å²) in [5.41, 5.74) is 3.43. The van der Waals surface area contributed by atoms with Crippen LogP contribution in [0.5, 0.6) is 0 Å². The second kappa shape index (κ2) is 5.26. The van der Waals surface area contributed by atoms with Gasteiger partial charge in [0.2, 0.25) is 0 Å². The smallest absolute Gasteiger partial charge is 0.144 e. The third-order valence-electron chi connectivity index (χ3n) is 4.46. The Bertz CT molecular complexity index is 611. The highest BCUT2D eigenvalue weighted by molar-refractivity contribution is 5.59. The Morgan fingerprint density at radius 2 is 1.90 bits per heavy atom. The van der Waals surface area contributed by atoms with E-state index >= 15 is 0 Å². The van der Waals surface area contributed by atoms with Crippen LogP contribution in [-0.4, -0.2) is 47.7 Å². The van der Waals surface area contributed by atoms with E-state index < -0.39 is 6.10 Å². The molecule has 0 spiro atoms. The van der Waals surface area contributed by atoms with E-state index in [9.17, 15) is 10.4 Å². The summed E-state index contributed by atoms with van der Waals surface area (Å²) in [6.07, 6.45) is -1.07. The van der Waals surface area contributed by atoms with Gasteiger partial charge in [-0.25, -0.2) is 4.98 Å². The van der Waals surface area contributed by atoms with Gasteiger partial charge in [-0.1, -0.05) is 0 Å². The molecule has 3 rings (SSSR count). The summed E-state index contributed by atoms with van der Waals surface area (Å²) < 4.78 is 11.2. The van der Waals surface area contributed by atoms with Gasteiger partial charge in [0.25, 0.3) is 0 Å². The fourth-order valence-electron chi connectivity index (χ4n) is 2.96. The van der Waals surface area contributed by atoms with E-state index in [0.717, 1.165) is 16.8 Å².